The maximum absolute atomic E-state index is 12.7. The number of amides is 1. The molecule has 1 aromatic heterocycles. The normalized spacial score (nSPS) is 17.5. The Balaban J connectivity index is 2.21. The molecule has 1 unspecified atom stereocenters. The number of hydrogen-bond donors (Lipinski definition) is 1. The Labute approximate surface area is 140 Å². The summed E-state index contributed by atoms with van der Waals surface area (Å²) in [6.45, 7) is 3.61. The van der Waals surface area contributed by atoms with Gasteiger partial charge < -0.3 is 5.11 Å². The fraction of sp³-hybridized carbons (Fsp3) is 0.211. The number of ketones is 1. The highest BCUT2D eigenvalue weighted by Gasteiger charge is 2.44. The Morgan fingerprint density at radius 3 is 2.50 bits per heavy atom. The van der Waals surface area contributed by atoms with Gasteiger partial charge in [-0.05, 0) is 36.2 Å². The first-order valence-corrected chi connectivity index (χ1v) is 7.81. The van der Waals surface area contributed by atoms with E-state index >= 15 is 0 Å². The van der Waals surface area contributed by atoms with E-state index in [-0.39, 0.29) is 17.8 Å². The lowest BCUT2D eigenvalue weighted by molar-refractivity contribution is -0.118. The number of aryl methyl sites for hydroxylation is 1. The molecule has 2 aromatic rings. The third kappa shape index (κ3) is 2.48. The van der Waals surface area contributed by atoms with Gasteiger partial charge in [-0.2, -0.15) is 0 Å². The van der Waals surface area contributed by atoms with Crippen LogP contribution in [0.25, 0.3) is 0 Å². The van der Waals surface area contributed by atoms with Crippen molar-refractivity contribution in [2.24, 2.45) is 0 Å². The summed E-state index contributed by atoms with van der Waals surface area (Å²) >= 11 is 0. The number of pyridine rings is 1. The van der Waals surface area contributed by atoms with E-state index in [0.29, 0.717) is 5.69 Å². The van der Waals surface area contributed by atoms with E-state index in [0.717, 1.165) is 11.1 Å². The molecule has 1 aliphatic heterocycles. The van der Waals surface area contributed by atoms with Crippen LogP contribution in [0.2, 0.25) is 0 Å². The molecule has 0 radical (unpaired) electrons. The molecule has 1 aromatic carbocycles. The van der Waals surface area contributed by atoms with Crippen LogP contribution in [0, 0.1) is 6.92 Å². The van der Waals surface area contributed by atoms with E-state index < -0.39 is 17.7 Å². The minimum absolute atomic E-state index is 0.150. The maximum atomic E-state index is 12.7. The average molecular weight is 322 g/mol. The van der Waals surface area contributed by atoms with Crippen molar-refractivity contribution in [3.05, 3.63) is 71.3 Å². The molecule has 5 nitrogen and oxygen atoms in total. The van der Waals surface area contributed by atoms with Gasteiger partial charge in [0.25, 0.3) is 5.91 Å². The van der Waals surface area contributed by atoms with Crippen molar-refractivity contribution < 1.29 is 14.7 Å². The summed E-state index contributed by atoms with van der Waals surface area (Å²) in [7, 11) is 0. The highest BCUT2D eigenvalue weighted by Crippen LogP contribution is 2.41. The summed E-state index contributed by atoms with van der Waals surface area (Å²) in [4.78, 5) is 30.6. The highest BCUT2D eigenvalue weighted by molar-refractivity contribution is 6.16. The molecule has 1 aliphatic rings. The molecule has 122 valence electrons. The lowest BCUT2D eigenvalue weighted by Gasteiger charge is -2.28. The molecule has 1 amide bonds. The van der Waals surface area contributed by atoms with Gasteiger partial charge in [-0.25, -0.2) is 0 Å². The number of carbonyl (C=O) groups is 2. The van der Waals surface area contributed by atoms with Crippen LogP contribution in [0.4, 0.5) is 5.69 Å². The Kier molecular flexibility index (Phi) is 4.16. The Morgan fingerprint density at radius 2 is 1.88 bits per heavy atom. The number of carbonyl (C=O) groups excluding carboxylic acids is 2. The molecule has 0 bridgehead atoms. The van der Waals surface area contributed by atoms with Gasteiger partial charge in [0.1, 0.15) is 0 Å². The lowest BCUT2D eigenvalue weighted by Crippen LogP contribution is -2.31. The minimum atomic E-state index is -0.644. The monoisotopic (exact) mass is 322 g/mol. The van der Waals surface area contributed by atoms with Crippen LogP contribution in [-0.4, -0.2) is 21.8 Å². The van der Waals surface area contributed by atoms with Gasteiger partial charge in [0.05, 0.1) is 11.6 Å². The fourth-order valence-corrected chi connectivity index (χ4v) is 3.02. The first kappa shape index (κ1) is 15.9. The van der Waals surface area contributed by atoms with E-state index in [9.17, 15) is 14.7 Å². The molecule has 1 N–H and O–H groups in total. The number of hydrogen-bond acceptors (Lipinski definition) is 4. The Hall–Kier alpha value is -2.95. The van der Waals surface area contributed by atoms with E-state index in [1.165, 1.54) is 4.90 Å². The molecule has 0 spiro atoms. The summed E-state index contributed by atoms with van der Waals surface area (Å²) in [5.41, 5.74) is 2.46. The smallest absolute Gasteiger partial charge is 0.294 e. The van der Waals surface area contributed by atoms with Crippen LogP contribution in [-0.2, 0) is 9.59 Å². The second-order valence-electron chi connectivity index (χ2n) is 5.68. The topological polar surface area (TPSA) is 70.5 Å². The Morgan fingerprint density at radius 1 is 1.21 bits per heavy atom. The average Bonchev–Trinajstić information content (AvgIpc) is 2.87. The zero-order valence-electron chi connectivity index (χ0n) is 13.6. The molecule has 1 atom stereocenters. The van der Waals surface area contributed by atoms with Crippen LogP contribution in [0.3, 0.4) is 0 Å². The second kappa shape index (κ2) is 6.28. The summed E-state index contributed by atoms with van der Waals surface area (Å²) in [5.74, 6) is -1.26. The van der Waals surface area contributed by atoms with Gasteiger partial charge >= 0.3 is 0 Å². The number of Topliss-reactive ketones (excluding diaryl/α,β-unsaturated/α-hetero) is 1. The van der Waals surface area contributed by atoms with Crippen LogP contribution < -0.4 is 4.90 Å². The highest BCUT2D eigenvalue weighted by atomic mass is 16.3. The van der Waals surface area contributed by atoms with Gasteiger partial charge in [0.15, 0.2) is 11.5 Å². The third-order valence-corrected chi connectivity index (χ3v) is 4.23. The van der Waals surface area contributed by atoms with Crippen LogP contribution >= 0.6 is 0 Å². The number of aromatic nitrogens is 1. The van der Waals surface area contributed by atoms with Gasteiger partial charge in [-0.1, -0.05) is 25.1 Å². The molecular weight excluding hydrogens is 304 g/mol. The lowest BCUT2D eigenvalue weighted by atomic mass is 9.95. The number of benzene rings is 1. The summed E-state index contributed by atoms with van der Waals surface area (Å²) in [6.07, 6.45) is 3.44. The molecule has 5 heteroatoms. The number of anilines is 1. The summed E-state index contributed by atoms with van der Waals surface area (Å²) in [5, 5.41) is 10.4. The van der Waals surface area contributed by atoms with Crippen molar-refractivity contribution in [1.82, 2.24) is 4.98 Å². The quantitative estimate of drug-likeness (QED) is 0.938. The van der Waals surface area contributed by atoms with Crippen molar-refractivity contribution >= 4 is 17.4 Å². The fourth-order valence-electron chi connectivity index (χ4n) is 3.02. The molecule has 0 fully saturated rings. The van der Waals surface area contributed by atoms with Crippen LogP contribution in [0.5, 0.6) is 0 Å². The van der Waals surface area contributed by atoms with E-state index in [2.05, 4.69) is 4.98 Å². The Bertz CT molecular complexity index is 828. The van der Waals surface area contributed by atoms with Gasteiger partial charge in [-0.3, -0.25) is 19.5 Å². The molecule has 0 aliphatic carbocycles. The van der Waals surface area contributed by atoms with Crippen molar-refractivity contribution in [2.75, 3.05) is 4.90 Å². The SMILES string of the molecule is CCC(=O)C1=C(O)C(=O)N(c2ccccc2C)C1c1ccncc1. The number of aliphatic hydroxyl groups excluding tert-OH is 1. The molecule has 0 saturated carbocycles. The van der Waals surface area contributed by atoms with Crippen LogP contribution in [0.15, 0.2) is 60.1 Å². The third-order valence-electron chi connectivity index (χ3n) is 4.23. The first-order valence-electron chi connectivity index (χ1n) is 7.81. The van der Waals surface area contributed by atoms with Crippen molar-refractivity contribution in [3.63, 3.8) is 0 Å². The van der Waals surface area contributed by atoms with Gasteiger partial charge in [0.2, 0.25) is 0 Å². The van der Waals surface area contributed by atoms with Gasteiger partial charge in [-0.15, -0.1) is 0 Å². The van der Waals surface area contributed by atoms with E-state index in [1.54, 1.807) is 31.5 Å². The summed E-state index contributed by atoms with van der Waals surface area (Å²) < 4.78 is 0. The van der Waals surface area contributed by atoms with Crippen LogP contribution in [0.1, 0.15) is 30.5 Å². The molecule has 0 saturated heterocycles. The standard InChI is InChI=1S/C19H18N2O3/c1-3-15(22)16-17(13-8-10-20-11-9-13)21(19(24)18(16)23)14-7-5-4-6-12(14)2/h4-11,17,23H,3H2,1-2H3. The molecule has 3 rings (SSSR count). The predicted octanol–water partition coefficient (Wildman–Crippen LogP) is 3.27. The number of rotatable bonds is 4. The zero-order chi connectivity index (χ0) is 17.3. The molecule has 2 heterocycles. The number of aliphatic hydroxyl groups is 1. The second-order valence-corrected chi connectivity index (χ2v) is 5.68. The first-order chi connectivity index (χ1) is 11.6. The van der Waals surface area contributed by atoms with E-state index in [1.807, 2.05) is 31.2 Å². The van der Waals surface area contributed by atoms with Crippen molar-refractivity contribution in [3.8, 4) is 0 Å². The number of para-hydroxylation sites is 1. The van der Waals surface area contributed by atoms with Crippen molar-refractivity contribution in [1.29, 1.82) is 0 Å². The summed E-state index contributed by atoms with van der Waals surface area (Å²) in [6, 6.07) is 10.3. The molecular formula is C19H18N2O3. The molecule has 24 heavy (non-hydrogen) atoms. The minimum Gasteiger partial charge on any atom is -0.503 e. The maximum Gasteiger partial charge on any atom is 0.294 e. The predicted molar refractivity (Wildman–Crippen MR) is 90.6 cm³/mol. The number of nitrogens with zero attached hydrogens (tertiary/aromatic N) is 2. The van der Waals surface area contributed by atoms with Crippen molar-refractivity contribution in [2.45, 2.75) is 26.3 Å². The van der Waals surface area contributed by atoms with E-state index in [4.69, 9.17) is 0 Å². The largest absolute Gasteiger partial charge is 0.503 e. The zero-order valence-corrected chi connectivity index (χ0v) is 13.6. The van der Waals surface area contributed by atoms with Gasteiger partial charge in [0, 0.05) is 24.5 Å².